The van der Waals surface area contributed by atoms with Crippen LogP contribution in [0.4, 0.5) is 8.78 Å². The van der Waals surface area contributed by atoms with Crippen LogP contribution in [0.5, 0.6) is 0 Å². The van der Waals surface area contributed by atoms with Gasteiger partial charge in [0.2, 0.25) is 5.92 Å². The van der Waals surface area contributed by atoms with E-state index in [-0.39, 0.29) is 6.42 Å². The molecule has 0 rings (SSSR count). The van der Waals surface area contributed by atoms with E-state index < -0.39 is 5.92 Å². The summed E-state index contributed by atoms with van der Waals surface area (Å²) in [5.74, 6) is -1.63. The van der Waals surface area contributed by atoms with E-state index in [9.17, 15) is 8.78 Å². The maximum absolute atomic E-state index is 12.6. The van der Waals surface area contributed by atoms with Crippen molar-refractivity contribution in [1.82, 2.24) is 0 Å². The molecule has 84 valence electrons. The van der Waals surface area contributed by atoms with Crippen molar-refractivity contribution in [2.45, 2.75) is 52.4 Å². The average Bonchev–Trinajstić information content (AvgIpc) is 2.01. The Kier molecular flexibility index (Phi) is 5.98. The quantitative estimate of drug-likeness (QED) is 0.529. The number of halogens is 2. The minimum absolute atomic E-state index is 0.00693. The Bertz CT molecular complexity index is 156. The van der Waals surface area contributed by atoms with E-state index in [2.05, 4.69) is 20.4 Å². The molecule has 0 aromatic heterocycles. The molecule has 0 saturated carbocycles. The molecule has 0 spiro atoms. The van der Waals surface area contributed by atoms with Crippen molar-refractivity contribution in [2.75, 3.05) is 0 Å². The lowest BCUT2D eigenvalue weighted by Gasteiger charge is -2.21. The van der Waals surface area contributed by atoms with E-state index in [1.54, 1.807) is 0 Å². The van der Waals surface area contributed by atoms with Gasteiger partial charge >= 0.3 is 0 Å². The van der Waals surface area contributed by atoms with E-state index in [1.807, 2.05) is 6.08 Å². The maximum atomic E-state index is 12.6. The van der Waals surface area contributed by atoms with E-state index in [0.29, 0.717) is 18.3 Å². The molecule has 0 bridgehead atoms. The van der Waals surface area contributed by atoms with Gasteiger partial charge in [0.25, 0.3) is 0 Å². The highest BCUT2D eigenvalue weighted by atomic mass is 19.3. The number of allylic oxidation sites excluding steroid dienone is 1. The summed E-state index contributed by atoms with van der Waals surface area (Å²) >= 11 is 0. The fourth-order valence-corrected chi connectivity index (χ4v) is 1.58. The van der Waals surface area contributed by atoms with Gasteiger partial charge in [0.15, 0.2) is 0 Å². The lowest BCUT2D eigenvalue weighted by Crippen LogP contribution is -2.15. The molecule has 0 aromatic carbocycles. The zero-order valence-electron chi connectivity index (χ0n) is 9.52. The Balaban J connectivity index is 3.91. The summed E-state index contributed by atoms with van der Waals surface area (Å²) in [5, 5.41) is 0. The van der Waals surface area contributed by atoms with Crippen LogP contribution in [-0.4, -0.2) is 5.92 Å². The van der Waals surface area contributed by atoms with Crippen molar-refractivity contribution in [3.63, 3.8) is 0 Å². The van der Waals surface area contributed by atoms with Crippen LogP contribution in [0.1, 0.15) is 46.5 Å². The van der Waals surface area contributed by atoms with Gasteiger partial charge in [0, 0.05) is 6.42 Å². The normalized spacial score (nSPS) is 14.4. The molecule has 14 heavy (non-hydrogen) atoms. The van der Waals surface area contributed by atoms with Crippen molar-refractivity contribution < 1.29 is 8.78 Å². The van der Waals surface area contributed by atoms with Crippen molar-refractivity contribution >= 4 is 0 Å². The first-order chi connectivity index (χ1) is 6.37. The number of hydrogen-bond donors (Lipinski definition) is 0. The standard InChI is InChI=1S/C12H22F2/c1-5-6-7-11(10(2)3)8-9-12(4,13)14/h5,10-11H,1,6-9H2,2-4H3. The van der Waals surface area contributed by atoms with Crippen molar-refractivity contribution in [3.05, 3.63) is 12.7 Å². The molecule has 0 aliphatic heterocycles. The van der Waals surface area contributed by atoms with E-state index in [1.165, 1.54) is 0 Å². The van der Waals surface area contributed by atoms with Gasteiger partial charge in [0.05, 0.1) is 0 Å². The SMILES string of the molecule is C=CCCC(CCC(C)(F)F)C(C)C. The molecule has 0 aliphatic rings. The lowest BCUT2D eigenvalue weighted by molar-refractivity contribution is 0.00438. The van der Waals surface area contributed by atoms with Gasteiger partial charge in [-0.1, -0.05) is 19.9 Å². The summed E-state index contributed by atoms with van der Waals surface area (Å²) in [6, 6.07) is 0. The third-order valence-electron chi connectivity index (χ3n) is 2.64. The fraction of sp³-hybridized carbons (Fsp3) is 0.833. The molecule has 0 heterocycles. The fourth-order valence-electron chi connectivity index (χ4n) is 1.58. The predicted octanol–water partition coefficient (Wildman–Crippen LogP) is 4.66. The second kappa shape index (κ2) is 6.15. The minimum atomic E-state index is -2.51. The van der Waals surface area contributed by atoms with E-state index in [0.717, 1.165) is 19.8 Å². The molecule has 1 atom stereocenters. The first kappa shape index (κ1) is 13.6. The van der Waals surface area contributed by atoms with Crippen LogP contribution >= 0.6 is 0 Å². The molecule has 0 saturated heterocycles. The first-order valence-electron chi connectivity index (χ1n) is 5.35. The molecule has 0 amide bonds. The molecule has 2 heteroatoms. The van der Waals surface area contributed by atoms with Crippen molar-refractivity contribution in [2.24, 2.45) is 11.8 Å². The van der Waals surface area contributed by atoms with Gasteiger partial charge in [-0.25, -0.2) is 8.78 Å². The summed E-state index contributed by atoms with van der Waals surface area (Å²) in [6.07, 6.45) is 4.40. The Morgan fingerprint density at radius 3 is 2.21 bits per heavy atom. The van der Waals surface area contributed by atoms with Crippen LogP contribution in [0.15, 0.2) is 12.7 Å². The predicted molar refractivity (Wildman–Crippen MR) is 57.6 cm³/mol. The van der Waals surface area contributed by atoms with E-state index in [4.69, 9.17) is 0 Å². The Morgan fingerprint density at radius 1 is 1.29 bits per heavy atom. The van der Waals surface area contributed by atoms with Gasteiger partial charge in [-0.3, -0.25) is 0 Å². The van der Waals surface area contributed by atoms with Gasteiger partial charge in [-0.15, -0.1) is 6.58 Å². The summed E-state index contributed by atoms with van der Waals surface area (Å²) < 4.78 is 25.3. The zero-order valence-corrected chi connectivity index (χ0v) is 9.52. The molecule has 0 fully saturated rings. The minimum Gasteiger partial charge on any atom is -0.207 e. The van der Waals surface area contributed by atoms with Crippen LogP contribution in [0.25, 0.3) is 0 Å². The molecular formula is C12H22F2. The molecule has 0 nitrogen and oxygen atoms in total. The molecule has 0 N–H and O–H groups in total. The molecule has 1 unspecified atom stereocenters. The van der Waals surface area contributed by atoms with Crippen molar-refractivity contribution in [3.8, 4) is 0 Å². The first-order valence-corrected chi connectivity index (χ1v) is 5.35. The lowest BCUT2D eigenvalue weighted by atomic mass is 9.86. The highest BCUT2D eigenvalue weighted by Crippen LogP contribution is 2.28. The number of rotatable bonds is 7. The maximum Gasteiger partial charge on any atom is 0.245 e. The summed E-state index contributed by atoms with van der Waals surface area (Å²) in [4.78, 5) is 0. The Labute approximate surface area is 86.4 Å². The van der Waals surface area contributed by atoms with Crippen LogP contribution in [-0.2, 0) is 0 Å². The van der Waals surface area contributed by atoms with E-state index >= 15 is 0 Å². The third-order valence-corrected chi connectivity index (χ3v) is 2.64. The topological polar surface area (TPSA) is 0 Å². The summed E-state index contributed by atoms with van der Waals surface area (Å²) in [5.41, 5.74) is 0. The van der Waals surface area contributed by atoms with Crippen molar-refractivity contribution in [1.29, 1.82) is 0 Å². The number of hydrogen-bond acceptors (Lipinski definition) is 0. The second-order valence-corrected chi connectivity index (χ2v) is 4.48. The molecule has 0 radical (unpaired) electrons. The van der Waals surface area contributed by atoms with Crippen LogP contribution in [0.2, 0.25) is 0 Å². The van der Waals surface area contributed by atoms with Crippen LogP contribution < -0.4 is 0 Å². The highest BCUT2D eigenvalue weighted by molar-refractivity contribution is 4.73. The monoisotopic (exact) mass is 204 g/mol. The molecule has 0 aromatic rings. The smallest absolute Gasteiger partial charge is 0.207 e. The van der Waals surface area contributed by atoms with Gasteiger partial charge in [-0.2, -0.15) is 0 Å². The highest BCUT2D eigenvalue weighted by Gasteiger charge is 2.23. The molecular weight excluding hydrogens is 182 g/mol. The van der Waals surface area contributed by atoms with Crippen LogP contribution in [0.3, 0.4) is 0 Å². The molecule has 0 aliphatic carbocycles. The summed E-state index contributed by atoms with van der Waals surface area (Å²) in [7, 11) is 0. The zero-order chi connectivity index (χ0) is 11.2. The second-order valence-electron chi connectivity index (χ2n) is 4.48. The van der Waals surface area contributed by atoms with Crippen LogP contribution in [0, 0.1) is 11.8 Å². The van der Waals surface area contributed by atoms with Gasteiger partial charge in [-0.05, 0) is 38.0 Å². The summed E-state index contributed by atoms with van der Waals surface area (Å²) in [6.45, 7) is 8.85. The van der Waals surface area contributed by atoms with Gasteiger partial charge < -0.3 is 0 Å². The number of alkyl halides is 2. The third kappa shape index (κ3) is 7.05. The largest absolute Gasteiger partial charge is 0.245 e. The van der Waals surface area contributed by atoms with Gasteiger partial charge in [0.1, 0.15) is 0 Å². The Hall–Kier alpha value is -0.400. The Morgan fingerprint density at radius 2 is 1.86 bits per heavy atom. The average molecular weight is 204 g/mol.